The molecule has 0 saturated carbocycles. The molecule has 320 valence electrons. The third-order valence-corrected chi connectivity index (χ3v) is 10.0. The van der Waals surface area contributed by atoms with Gasteiger partial charge in [-0.2, -0.15) is 4.99 Å². The number of nitrogens with zero attached hydrogens (tertiary/aromatic N) is 11. The molecule has 0 aliphatic carbocycles. The molecule has 3 aliphatic heterocycles. The van der Waals surface area contributed by atoms with Crippen LogP contribution in [0.1, 0.15) is 53.1 Å². The Morgan fingerprint density at radius 2 is 1.17 bits per heavy atom. The Bertz CT molecular complexity index is 1970. The summed E-state index contributed by atoms with van der Waals surface area (Å²) in [4.78, 5) is 65.6. The molecule has 24 nitrogen and oxygen atoms in total. The van der Waals surface area contributed by atoms with Crippen molar-refractivity contribution in [3.05, 3.63) is 34.1 Å². The van der Waals surface area contributed by atoms with E-state index in [1.807, 2.05) is 9.80 Å². The highest BCUT2D eigenvalue weighted by molar-refractivity contribution is 6.32. The van der Waals surface area contributed by atoms with Gasteiger partial charge in [0.1, 0.15) is 5.82 Å². The summed E-state index contributed by atoms with van der Waals surface area (Å²) in [5, 5.41) is 7.83. The number of amides is 2. The fourth-order valence-corrected chi connectivity index (χ4v) is 6.58. The first-order chi connectivity index (χ1) is 28.2. The quantitative estimate of drug-likeness (QED) is 0.0706. The van der Waals surface area contributed by atoms with E-state index in [1.54, 1.807) is 0 Å². The first kappa shape index (κ1) is 44.1. The fraction of sp³-hybridized carbons (Fsp3) is 0.515. The summed E-state index contributed by atoms with van der Waals surface area (Å²) < 4.78 is 5.43. The topological polar surface area (TPSA) is 372 Å². The van der Waals surface area contributed by atoms with Crippen LogP contribution in [0.5, 0.6) is 0 Å². The van der Waals surface area contributed by atoms with Crippen LogP contribution in [0.3, 0.4) is 0 Å². The van der Waals surface area contributed by atoms with Crippen molar-refractivity contribution in [2.24, 2.45) is 37.2 Å². The average Bonchev–Trinajstić information content (AvgIpc) is 3.19. The van der Waals surface area contributed by atoms with E-state index in [-0.39, 0.29) is 74.9 Å². The van der Waals surface area contributed by atoms with Crippen LogP contribution in [-0.2, 0) is 4.74 Å². The van der Waals surface area contributed by atoms with Crippen molar-refractivity contribution in [1.29, 1.82) is 0 Å². The summed E-state index contributed by atoms with van der Waals surface area (Å²) in [5.41, 5.74) is 40.9. The second-order valence-corrected chi connectivity index (χ2v) is 14.4. The Morgan fingerprint density at radius 3 is 1.66 bits per heavy atom. The van der Waals surface area contributed by atoms with Gasteiger partial charge in [-0.25, -0.2) is 29.9 Å². The number of ether oxygens (including phenoxy) is 1. The first-order valence-electron chi connectivity index (χ1n) is 18.8. The van der Waals surface area contributed by atoms with Crippen molar-refractivity contribution in [3.8, 4) is 0 Å². The van der Waals surface area contributed by atoms with Gasteiger partial charge in [0.05, 0.1) is 25.3 Å². The Morgan fingerprint density at radius 1 is 0.695 bits per heavy atom. The normalized spacial score (nSPS) is 18.1. The van der Waals surface area contributed by atoms with Crippen LogP contribution in [0.15, 0.2) is 32.4 Å². The molecule has 3 fully saturated rings. The van der Waals surface area contributed by atoms with Gasteiger partial charge in [-0.3, -0.25) is 35.4 Å². The summed E-state index contributed by atoms with van der Waals surface area (Å²) in [6, 6.07) is -0.405. The number of carbonyl (C=O) groups excluding carboxylic acids is 2. The molecule has 59 heavy (non-hydrogen) atoms. The van der Waals surface area contributed by atoms with Gasteiger partial charge in [-0.1, -0.05) is 29.8 Å². The molecule has 5 rings (SSSR count). The Kier molecular flexibility index (Phi) is 15.4. The molecule has 0 radical (unpaired) electrons. The number of guanidine groups is 4. The van der Waals surface area contributed by atoms with E-state index in [1.165, 1.54) is 0 Å². The minimum atomic E-state index is -0.723. The number of hydrogen-bond donors (Lipinski definition) is 10. The lowest BCUT2D eigenvalue weighted by molar-refractivity contribution is 0.0377. The number of rotatable bonds is 10. The number of aliphatic imine (C=N–C) groups is 4. The summed E-state index contributed by atoms with van der Waals surface area (Å²) in [6.45, 7) is 11.1. The van der Waals surface area contributed by atoms with Crippen LogP contribution in [0.25, 0.3) is 0 Å². The van der Waals surface area contributed by atoms with Crippen LogP contribution in [0.2, 0.25) is 10.3 Å². The van der Waals surface area contributed by atoms with Gasteiger partial charge in [0.25, 0.3) is 11.8 Å². The van der Waals surface area contributed by atoms with Gasteiger partial charge in [-0.05, 0) is 32.1 Å². The third-order valence-electron chi connectivity index (χ3n) is 9.45. The minimum absolute atomic E-state index is 0.0968. The van der Waals surface area contributed by atoms with Crippen LogP contribution in [0.4, 0.5) is 23.3 Å². The van der Waals surface area contributed by atoms with Crippen LogP contribution in [-0.4, -0.2) is 148 Å². The first-order valence-corrected chi connectivity index (χ1v) is 19.5. The Balaban J connectivity index is 1.19. The molecule has 17 N–H and O–H groups in total. The van der Waals surface area contributed by atoms with Gasteiger partial charge in [-0.15, -0.1) is 0 Å². The highest BCUT2D eigenvalue weighted by Crippen LogP contribution is 2.21. The van der Waals surface area contributed by atoms with E-state index >= 15 is 0 Å². The SMILES string of the molecule is C=C(N=C(NC(N)=NCCCN1CCOCC1)N1CCC(N=C(N)NC(=O)c2nc(Cl)c(N)nc2N)CC1)N1CCC(N=C(N)NC(=O)c2nc(Cl)c(N)nc2N)CC1. The molecule has 2 amide bonds. The van der Waals surface area contributed by atoms with E-state index in [0.29, 0.717) is 70.2 Å². The van der Waals surface area contributed by atoms with E-state index in [2.05, 4.69) is 62.3 Å². The zero-order valence-electron chi connectivity index (χ0n) is 32.4. The zero-order valence-corrected chi connectivity index (χ0v) is 33.9. The molecule has 3 aliphatic rings. The Hall–Kier alpha value is -5.98. The number of nitrogen functional groups attached to an aromatic ring is 4. The van der Waals surface area contributed by atoms with Crippen molar-refractivity contribution < 1.29 is 14.3 Å². The van der Waals surface area contributed by atoms with Crippen LogP contribution < -0.4 is 56.1 Å². The molecule has 0 atom stereocenters. The largest absolute Gasteiger partial charge is 0.382 e. The number of halogens is 2. The molecule has 0 spiro atoms. The van der Waals surface area contributed by atoms with Gasteiger partial charge in [0, 0.05) is 52.4 Å². The zero-order chi connectivity index (χ0) is 42.6. The maximum atomic E-state index is 12.7. The van der Waals surface area contributed by atoms with Crippen molar-refractivity contribution >= 4 is 82.1 Å². The number of aromatic nitrogens is 4. The summed E-state index contributed by atoms with van der Waals surface area (Å²) in [5.74, 6) is -1.05. The number of hydrogen-bond acceptors (Lipinski definition) is 17. The number of likely N-dealkylation sites (tertiary alicyclic amines) is 2. The monoisotopic (exact) mass is 859 g/mol. The van der Waals surface area contributed by atoms with Gasteiger partial charge in [0.2, 0.25) is 5.96 Å². The summed E-state index contributed by atoms with van der Waals surface area (Å²) in [6.07, 6.45) is 3.17. The van der Waals surface area contributed by atoms with Gasteiger partial charge >= 0.3 is 0 Å². The van der Waals surface area contributed by atoms with E-state index in [9.17, 15) is 9.59 Å². The lowest BCUT2D eigenvalue weighted by Gasteiger charge is -2.35. The lowest BCUT2D eigenvalue weighted by Crippen LogP contribution is -2.51. The molecule has 5 heterocycles. The van der Waals surface area contributed by atoms with Gasteiger partial charge < -0.3 is 54.7 Å². The predicted octanol–water partition coefficient (Wildman–Crippen LogP) is -1.93. The van der Waals surface area contributed by atoms with E-state index < -0.39 is 11.8 Å². The van der Waals surface area contributed by atoms with E-state index in [4.69, 9.17) is 73.1 Å². The molecule has 0 unspecified atom stereocenters. The fourth-order valence-electron chi connectivity index (χ4n) is 6.33. The standard InChI is InChI=1S/C33H51Cl2N21O3/c1-17(55-9-3-18(4-10-55)45-31(41)51-28(57)20-24(36)49-26(38)22(34)47-20)44-33(53-30(40)43-7-2-8-54-13-15-59-16-14-54)56-11-5-19(6-12-56)46-32(42)52-29(58)21-25(37)50-27(39)23(35)48-21/h18-19H,1-16H2,(H4,36,38,49)(H4,37,39,50)(H3,40,43,44,53)(H3,41,45,51,57)(H3,42,46,52,58). The number of nitrogens with two attached hydrogens (primary N) is 7. The summed E-state index contributed by atoms with van der Waals surface area (Å²) in [7, 11) is 0. The number of piperidine rings is 2. The van der Waals surface area contributed by atoms with Crippen molar-refractivity contribution in [2.75, 3.05) is 88.5 Å². The van der Waals surface area contributed by atoms with E-state index in [0.717, 1.165) is 39.3 Å². The van der Waals surface area contributed by atoms with Crippen molar-refractivity contribution in [3.63, 3.8) is 0 Å². The summed E-state index contributed by atoms with van der Waals surface area (Å²) >= 11 is 11.8. The van der Waals surface area contributed by atoms with Gasteiger partial charge in [0.15, 0.2) is 62.8 Å². The molecular formula is C33H51Cl2N21O3. The molecule has 0 aromatic carbocycles. The smallest absolute Gasteiger partial charge is 0.280 e. The lowest BCUT2D eigenvalue weighted by atomic mass is 10.1. The molecule has 2 aromatic rings. The van der Waals surface area contributed by atoms with Crippen LogP contribution in [0, 0.1) is 0 Å². The second kappa shape index (κ2) is 20.6. The molecule has 2 aromatic heterocycles. The maximum Gasteiger partial charge on any atom is 0.280 e. The number of morpholine rings is 1. The third kappa shape index (κ3) is 12.8. The maximum absolute atomic E-state index is 12.7. The molecule has 26 heteroatoms. The number of anilines is 4. The van der Waals surface area contributed by atoms with Crippen molar-refractivity contribution in [2.45, 2.75) is 44.2 Å². The molecular weight excluding hydrogens is 809 g/mol. The van der Waals surface area contributed by atoms with Crippen molar-refractivity contribution in [1.82, 2.24) is 50.6 Å². The second-order valence-electron chi connectivity index (χ2n) is 13.7. The molecule has 0 bridgehead atoms. The number of nitrogens with one attached hydrogen (secondary N) is 3. The Labute approximate surface area is 350 Å². The van der Waals surface area contributed by atoms with Crippen LogP contribution >= 0.6 is 23.2 Å². The highest BCUT2D eigenvalue weighted by Gasteiger charge is 2.26. The highest BCUT2D eigenvalue weighted by atomic mass is 35.5. The average molecular weight is 861 g/mol. The molecule has 3 saturated heterocycles. The minimum Gasteiger partial charge on any atom is -0.382 e. The predicted molar refractivity (Wildman–Crippen MR) is 227 cm³/mol. The number of carbonyl (C=O) groups is 2.